The molecule has 0 aliphatic carbocycles. The second kappa shape index (κ2) is 6.77. The second-order valence-electron chi connectivity index (χ2n) is 4.33. The van der Waals surface area contributed by atoms with E-state index in [4.69, 9.17) is 9.47 Å². The van der Waals surface area contributed by atoms with Crippen LogP contribution in [0, 0.1) is 0 Å². The van der Waals surface area contributed by atoms with Crippen LogP contribution in [0.3, 0.4) is 0 Å². The van der Waals surface area contributed by atoms with Crippen molar-refractivity contribution >= 4 is 5.97 Å². The summed E-state index contributed by atoms with van der Waals surface area (Å²) in [5, 5.41) is 3.26. The topological polar surface area (TPSA) is 47.6 Å². The molecule has 0 aromatic carbocycles. The molecule has 0 radical (unpaired) electrons. The number of nitrogens with one attached hydrogen (secondary N) is 1. The van der Waals surface area contributed by atoms with Gasteiger partial charge in [-0.15, -0.1) is 6.58 Å². The molecule has 1 N–H and O–H groups in total. The Balaban J connectivity index is 2.76. The predicted molar refractivity (Wildman–Crippen MR) is 66.8 cm³/mol. The Bertz CT molecular complexity index is 267. The van der Waals surface area contributed by atoms with E-state index >= 15 is 0 Å². The van der Waals surface area contributed by atoms with Crippen molar-refractivity contribution < 1.29 is 14.3 Å². The molecule has 2 atom stereocenters. The molecular formula is C13H23NO3. The molecule has 1 aliphatic rings. The first kappa shape index (κ1) is 14.2. The largest absolute Gasteiger partial charge is 0.465 e. The lowest BCUT2D eigenvalue weighted by molar-refractivity contribution is -0.158. The van der Waals surface area contributed by atoms with Gasteiger partial charge in [-0.25, -0.2) is 0 Å². The quantitative estimate of drug-likeness (QED) is 0.567. The third kappa shape index (κ3) is 3.54. The Kier molecular flexibility index (Phi) is 5.65. The zero-order valence-electron chi connectivity index (χ0n) is 10.8. The van der Waals surface area contributed by atoms with Crippen LogP contribution in [0.25, 0.3) is 0 Å². The SMILES string of the molecule is C=CCNC1(C(=O)OCC)CCOC(CC)C1. The zero-order valence-corrected chi connectivity index (χ0v) is 10.8. The summed E-state index contributed by atoms with van der Waals surface area (Å²) in [5.41, 5.74) is -0.594. The standard InChI is InChI=1S/C13H23NO3/c1-4-8-14-13(12(15)16-6-3)7-9-17-11(5-2)10-13/h4,11,14H,1,5-10H2,2-3H3. The minimum atomic E-state index is -0.594. The molecule has 17 heavy (non-hydrogen) atoms. The Labute approximate surface area is 103 Å². The van der Waals surface area contributed by atoms with Crippen molar-refractivity contribution in [3.8, 4) is 0 Å². The van der Waals surface area contributed by atoms with Gasteiger partial charge >= 0.3 is 5.97 Å². The van der Waals surface area contributed by atoms with Crippen LogP contribution in [0.4, 0.5) is 0 Å². The number of carbonyl (C=O) groups excluding carboxylic acids is 1. The molecule has 1 fully saturated rings. The van der Waals surface area contributed by atoms with Crippen LogP contribution in [0.5, 0.6) is 0 Å². The maximum atomic E-state index is 12.1. The maximum Gasteiger partial charge on any atom is 0.326 e. The van der Waals surface area contributed by atoms with E-state index in [9.17, 15) is 4.79 Å². The fourth-order valence-electron chi connectivity index (χ4n) is 2.17. The molecule has 0 amide bonds. The van der Waals surface area contributed by atoms with Gasteiger partial charge in [0.15, 0.2) is 0 Å². The molecule has 1 heterocycles. The van der Waals surface area contributed by atoms with Crippen LogP contribution in [0.15, 0.2) is 12.7 Å². The predicted octanol–water partition coefficient (Wildman–Crippen LogP) is 1.65. The molecule has 2 unspecified atom stereocenters. The molecule has 1 rings (SSSR count). The van der Waals surface area contributed by atoms with Crippen LogP contribution in [-0.4, -0.2) is 37.4 Å². The highest BCUT2D eigenvalue weighted by atomic mass is 16.5. The number of rotatable bonds is 6. The Morgan fingerprint density at radius 1 is 1.65 bits per heavy atom. The lowest BCUT2D eigenvalue weighted by Gasteiger charge is -2.39. The number of ether oxygens (including phenoxy) is 2. The Morgan fingerprint density at radius 3 is 3.00 bits per heavy atom. The first-order chi connectivity index (χ1) is 8.18. The first-order valence-electron chi connectivity index (χ1n) is 6.33. The highest BCUT2D eigenvalue weighted by Crippen LogP contribution is 2.27. The molecule has 1 aliphatic heterocycles. The molecule has 0 aromatic rings. The smallest absolute Gasteiger partial charge is 0.326 e. The highest BCUT2D eigenvalue weighted by Gasteiger charge is 2.43. The summed E-state index contributed by atoms with van der Waals surface area (Å²) in [6.07, 6.45) is 4.14. The van der Waals surface area contributed by atoms with Gasteiger partial charge in [0.2, 0.25) is 0 Å². The van der Waals surface area contributed by atoms with Crippen molar-refractivity contribution in [2.75, 3.05) is 19.8 Å². The third-order valence-electron chi connectivity index (χ3n) is 3.16. The highest BCUT2D eigenvalue weighted by molar-refractivity contribution is 5.81. The summed E-state index contributed by atoms with van der Waals surface area (Å²) < 4.78 is 10.8. The van der Waals surface area contributed by atoms with Gasteiger partial charge in [0.25, 0.3) is 0 Å². The number of hydrogen-bond acceptors (Lipinski definition) is 4. The fourth-order valence-corrected chi connectivity index (χ4v) is 2.17. The van der Waals surface area contributed by atoms with E-state index in [-0.39, 0.29) is 12.1 Å². The van der Waals surface area contributed by atoms with Crippen molar-refractivity contribution in [3.63, 3.8) is 0 Å². The van der Waals surface area contributed by atoms with Crippen LogP contribution in [0.2, 0.25) is 0 Å². The van der Waals surface area contributed by atoms with E-state index in [2.05, 4.69) is 18.8 Å². The van der Waals surface area contributed by atoms with Gasteiger partial charge < -0.3 is 9.47 Å². The van der Waals surface area contributed by atoms with Crippen molar-refractivity contribution in [2.24, 2.45) is 0 Å². The zero-order chi connectivity index (χ0) is 12.7. The van der Waals surface area contributed by atoms with Crippen LogP contribution in [-0.2, 0) is 14.3 Å². The monoisotopic (exact) mass is 241 g/mol. The second-order valence-corrected chi connectivity index (χ2v) is 4.33. The van der Waals surface area contributed by atoms with Gasteiger partial charge in [-0.2, -0.15) is 0 Å². The van der Waals surface area contributed by atoms with Crippen molar-refractivity contribution in [1.29, 1.82) is 0 Å². The molecule has 4 nitrogen and oxygen atoms in total. The van der Waals surface area contributed by atoms with E-state index in [1.54, 1.807) is 6.08 Å². The Hall–Kier alpha value is -0.870. The average Bonchev–Trinajstić information content (AvgIpc) is 2.37. The molecule has 1 saturated heterocycles. The van der Waals surface area contributed by atoms with Crippen molar-refractivity contribution in [2.45, 2.75) is 44.8 Å². The van der Waals surface area contributed by atoms with Crippen LogP contribution in [0.1, 0.15) is 33.1 Å². The number of esters is 1. The summed E-state index contributed by atoms with van der Waals surface area (Å²) in [6, 6.07) is 0. The third-order valence-corrected chi connectivity index (χ3v) is 3.16. The number of carbonyl (C=O) groups is 1. The van der Waals surface area contributed by atoms with Gasteiger partial charge in [-0.05, 0) is 19.8 Å². The maximum absolute atomic E-state index is 12.1. The van der Waals surface area contributed by atoms with Crippen molar-refractivity contribution in [1.82, 2.24) is 5.32 Å². The lowest BCUT2D eigenvalue weighted by atomic mass is 9.85. The fraction of sp³-hybridized carbons (Fsp3) is 0.769. The van der Waals surface area contributed by atoms with Crippen LogP contribution >= 0.6 is 0 Å². The van der Waals surface area contributed by atoms with Gasteiger partial charge in [0.05, 0.1) is 12.7 Å². The van der Waals surface area contributed by atoms with E-state index in [1.807, 2.05) is 6.92 Å². The van der Waals surface area contributed by atoms with E-state index in [1.165, 1.54) is 0 Å². The molecule has 0 saturated carbocycles. The first-order valence-corrected chi connectivity index (χ1v) is 6.33. The van der Waals surface area contributed by atoms with E-state index in [0.717, 1.165) is 6.42 Å². The summed E-state index contributed by atoms with van der Waals surface area (Å²) in [7, 11) is 0. The minimum Gasteiger partial charge on any atom is -0.465 e. The molecule has 98 valence electrons. The van der Waals surface area contributed by atoms with E-state index < -0.39 is 5.54 Å². The summed E-state index contributed by atoms with van der Waals surface area (Å²) in [5.74, 6) is -0.163. The summed E-state index contributed by atoms with van der Waals surface area (Å²) in [6.45, 7) is 9.19. The van der Waals surface area contributed by atoms with Gasteiger partial charge in [-0.3, -0.25) is 10.1 Å². The molecule has 0 spiro atoms. The van der Waals surface area contributed by atoms with Gasteiger partial charge in [0, 0.05) is 19.6 Å². The molecule has 0 aromatic heterocycles. The molecule has 0 bridgehead atoms. The van der Waals surface area contributed by atoms with E-state index in [0.29, 0.717) is 32.6 Å². The van der Waals surface area contributed by atoms with Crippen LogP contribution < -0.4 is 5.32 Å². The summed E-state index contributed by atoms with van der Waals surface area (Å²) >= 11 is 0. The Morgan fingerprint density at radius 2 is 2.41 bits per heavy atom. The van der Waals surface area contributed by atoms with Gasteiger partial charge in [-0.1, -0.05) is 13.0 Å². The van der Waals surface area contributed by atoms with Gasteiger partial charge in [0.1, 0.15) is 5.54 Å². The average molecular weight is 241 g/mol. The summed E-state index contributed by atoms with van der Waals surface area (Å²) in [4.78, 5) is 12.1. The normalized spacial score (nSPS) is 28.7. The molecule has 4 heteroatoms. The van der Waals surface area contributed by atoms with Crippen molar-refractivity contribution in [3.05, 3.63) is 12.7 Å². The number of hydrogen-bond donors (Lipinski definition) is 1. The minimum absolute atomic E-state index is 0.130. The lowest BCUT2D eigenvalue weighted by Crippen LogP contribution is -2.58. The molecular weight excluding hydrogens is 218 g/mol.